The number of hydrogen-bond acceptors (Lipinski definition) is 7. The average Bonchev–Trinajstić information content (AvgIpc) is 3.62. The minimum absolute atomic E-state index is 0.194. The molecule has 3 aromatic heterocycles. The van der Waals surface area contributed by atoms with E-state index in [1.807, 2.05) is 0 Å². The van der Waals surface area contributed by atoms with Crippen LogP contribution in [-0.4, -0.2) is 62.6 Å². The van der Waals surface area contributed by atoms with Crippen LogP contribution in [0.2, 0.25) is 0 Å². The van der Waals surface area contributed by atoms with Gasteiger partial charge in [0.05, 0.1) is 5.56 Å². The normalized spacial score (nSPS) is 13.8. The molecule has 0 atom stereocenters. The maximum atomic E-state index is 13.2. The molecule has 1 fully saturated rings. The summed E-state index contributed by atoms with van der Waals surface area (Å²) < 4.78 is 40.3. The minimum atomic E-state index is -4.63. The second-order valence-electron chi connectivity index (χ2n) is 9.93. The van der Waals surface area contributed by atoms with Gasteiger partial charge in [-0.05, 0) is 75.1 Å². The Morgan fingerprint density at radius 3 is 2.50 bits per heavy atom. The number of pyridine rings is 1. The number of rotatable bonds is 9. The molecule has 4 heterocycles. The molecular weight excluding hydrogens is 551 g/mol. The van der Waals surface area contributed by atoms with Crippen LogP contribution in [0.4, 0.5) is 35.3 Å². The van der Waals surface area contributed by atoms with Gasteiger partial charge in [-0.25, -0.2) is 19.3 Å². The molecular formula is C28H30F3N9O2. The van der Waals surface area contributed by atoms with Crippen LogP contribution in [0.1, 0.15) is 41.7 Å². The average molecular weight is 582 g/mol. The number of halogens is 3. The summed E-state index contributed by atoms with van der Waals surface area (Å²) in [6.45, 7) is 3.83. The van der Waals surface area contributed by atoms with Crippen molar-refractivity contribution in [2.45, 2.75) is 31.9 Å². The molecule has 0 bridgehead atoms. The lowest BCUT2D eigenvalue weighted by atomic mass is 10.0. The number of aromatic nitrogens is 4. The Labute approximate surface area is 239 Å². The van der Waals surface area contributed by atoms with Crippen LogP contribution >= 0.6 is 0 Å². The fraction of sp³-hybridized carbons (Fsp3) is 0.321. The molecule has 14 heteroatoms. The van der Waals surface area contributed by atoms with Crippen molar-refractivity contribution in [3.63, 3.8) is 0 Å². The minimum Gasteiger partial charge on any atom is -0.382 e. The zero-order chi connectivity index (χ0) is 29.7. The number of nitrogens with zero attached hydrogens (tertiary/aromatic N) is 5. The van der Waals surface area contributed by atoms with Gasteiger partial charge in [-0.15, -0.1) is 0 Å². The summed E-state index contributed by atoms with van der Waals surface area (Å²) in [5.41, 5.74) is 7.41. The van der Waals surface area contributed by atoms with Crippen molar-refractivity contribution >= 4 is 34.8 Å². The van der Waals surface area contributed by atoms with E-state index < -0.39 is 17.9 Å². The number of unbranched alkanes of at least 4 members (excludes halogenated alkanes) is 1. The van der Waals surface area contributed by atoms with Crippen molar-refractivity contribution in [1.29, 1.82) is 0 Å². The van der Waals surface area contributed by atoms with Gasteiger partial charge in [-0.2, -0.15) is 18.3 Å². The number of nitrogens with one attached hydrogen (secondary N) is 3. The Bertz CT molecular complexity index is 1570. The number of benzene rings is 1. The second kappa shape index (κ2) is 12.4. The molecule has 0 unspecified atom stereocenters. The summed E-state index contributed by atoms with van der Waals surface area (Å²) in [5.74, 6) is -0.326. The van der Waals surface area contributed by atoms with E-state index in [2.05, 4.69) is 35.9 Å². The zero-order valence-corrected chi connectivity index (χ0v) is 22.6. The molecule has 0 spiro atoms. The lowest BCUT2D eigenvalue weighted by molar-refractivity contribution is -0.141. The molecule has 1 saturated heterocycles. The number of nitrogens with two attached hydrogens (primary N) is 1. The van der Waals surface area contributed by atoms with Crippen LogP contribution in [0.5, 0.6) is 0 Å². The number of fused-ring (bicyclic) bond motifs is 1. The van der Waals surface area contributed by atoms with E-state index in [9.17, 15) is 22.8 Å². The molecule has 11 nitrogen and oxygen atoms in total. The van der Waals surface area contributed by atoms with Crippen LogP contribution in [-0.2, 0) is 6.18 Å². The van der Waals surface area contributed by atoms with Crippen molar-refractivity contribution in [3.05, 3.63) is 66.2 Å². The van der Waals surface area contributed by atoms with Gasteiger partial charge in [0.25, 0.3) is 5.91 Å². The second-order valence-corrected chi connectivity index (χ2v) is 9.93. The third-order valence-electron chi connectivity index (χ3n) is 6.94. The predicted octanol–water partition coefficient (Wildman–Crippen LogP) is 4.64. The first-order valence-corrected chi connectivity index (χ1v) is 13.5. The van der Waals surface area contributed by atoms with Crippen LogP contribution in [0.3, 0.4) is 0 Å². The van der Waals surface area contributed by atoms with E-state index in [-0.39, 0.29) is 17.5 Å². The number of anilines is 3. The van der Waals surface area contributed by atoms with Crippen LogP contribution in [0, 0.1) is 0 Å². The van der Waals surface area contributed by atoms with Gasteiger partial charge in [0, 0.05) is 24.0 Å². The molecule has 42 heavy (non-hydrogen) atoms. The summed E-state index contributed by atoms with van der Waals surface area (Å²) in [5, 5.41) is 12.0. The molecule has 1 aliphatic rings. The number of urea groups is 1. The van der Waals surface area contributed by atoms with Gasteiger partial charge in [0.15, 0.2) is 5.82 Å². The highest BCUT2D eigenvalue weighted by atomic mass is 19.4. The van der Waals surface area contributed by atoms with Gasteiger partial charge in [0.1, 0.15) is 23.4 Å². The highest BCUT2D eigenvalue weighted by Crippen LogP contribution is 2.33. The first-order valence-electron chi connectivity index (χ1n) is 13.5. The lowest BCUT2D eigenvalue weighted by Gasteiger charge is -2.14. The number of amides is 3. The van der Waals surface area contributed by atoms with Crippen molar-refractivity contribution in [2.75, 3.05) is 42.5 Å². The predicted molar refractivity (Wildman–Crippen MR) is 152 cm³/mol. The Kier molecular flexibility index (Phi) is 8.52. The Morgan fingerprint density at radius 2 is 1.76 bits per heavy atom. The smallest absolute Gasteiger partial charge is 0.382 e. The quantitative estimate of drug-likeness (QED) is 0.211. The number of carbonyl (C=O) groups excluding carboxylic acids is 2. The number of likely N-dealkylation sites (tertiary alicyclic amines) is 1. The fourth-order valence-corrected chi connectivity index (χ4v) is 4.92. The van der Waals surface area contributed by atoms with Crippen LogP contribution < -0.4 is 21.7 Å². The Morgan fingerprint density at radius 1 is 1.00 bits per heavy atom. The largest absolute Gasteiger partial charge is 0.433 e. The molecule has 0 aliphatic carbocycles. The van der Waals surface area contributed by atoms with Crippen molar-refractivity contribution < 1.29 is 22.8 Å². The Hall–Kier alpha value is -4.72. The van der Waals surface area contributed by atoms with Crippen molar-refractivity contribution in [1.82, 2.24) is 29.8 Å². The van der Waals surface area contributed by atoms with Gasteiger partial charge in [-0.1, -0.05) is 18.2 Å². The number of alkyl halides is 3. The monoisotopic (exact) mass is 581 g/mol. The summed E-state index contributed by atoms with van der Waals surface area (Å²) in [4.78, 5) is 35.6. The SMILES string of the molecule is Nc1ncnn2cc(C(=O)NCCCCN3CCCC3)c(-c3ccc(NC(=O)Nc4cccc(C(F)(F)F)n4)cc3)c12. The molecule has 3 amide bonds. The summed E-state index contributed by atoms with van der Waals surface area (Å²) >= 11 is 0. The number of hydrogen-bond donors (Lipinski definition) is 4. The molecule has 4 aromatic rings. The van der Waals surface area contributed by atoms with E-state index in [1.165, 1.54) is 29.8 Å². The number of carbonyl (C=O) groups is 2. The van der Waals surface area contributed by atoms with Crippen LogP contribution in [0.15, 0.2) is 55.0 Å². The molecule has 0 radical (unpaired) electrons. The van der Waals surface area contributed by atoms with Crippen molar-refractivity contribution in [2.24, 2.45) is 0 Å². The molecule has 1 aliphatic heterocycles. The molecule has 1 aromatic carbocycles. The maximum absolute atomic E-state index is 13.2. The van der Waals surface area contributed by atoms with Gasteiger partial charge >= 0.3 is 12.2 Å². The standard InChI is InChI=1S/C28H30F3N9O2/c29-28(30,31)21-6-5-7-22(37-21)38-27(42)36-19-10-8-18(9-11-19)23-20(16-40-24(23)25(32)34-17-35-40)26(41)33-12-1-2-13-39-14-3-4-15-39/h5-11,16-17H,1-4,12-15H2,(H,33,41)(H2,32,34,35)(H2,36,37,38,42). The number of nitrogen functional groups attached to an aromatic ring is 1. The van der Waals surface area contributed by atoms with E-state index in [0.29, 0.717) is 34.4 Å². The first kappa shape index (κ1) is 28.8. The topological polar surface area (TPSA) is 143 Å². The molecule has 0 saturated carbocycles. The fourth-order valence-electron chi connectivity index (χ4n) is 4.92. The van der Waals surface area contributed by atoms with Gasteiger partial charge < -0.3 is 21.3 Å². The third-order valence-corrected chi connectivity index (χ3v) is 6.94. The van der Waals surface area contributed by atoms with Crippen molar-refractivity contribution in [3.8, 4) is 11.1 Å². The Balaban J connectivity index is 1.28. The van der Waals surface area contributed by atoms with E-state index in [0.717, 1.165) is 44.6 Å². The van der Waals surface area contributed by atoms with E-state index in [4.69, 9.17) is 5.73 Å². The first-order chi connectivity index (χ1) is 20.2. The van der Waals surface area contributed by atoms with Crippen LogP contribution in [0.25, 0.3) is 16.6 Å². The maximum Gasteiger partial charge on any atom is 0.433 e. The third kappa shape index (κ3) is 6.77. The van der Waals surface area contributed by atoms with E-state index >= 15 is 0 Å². The van der Waals surface area contributed by atoms with Gasteiger partial charge in [0.2, 0.25) is 0 Å². The zero-order valence-electron chi connectivity index (χ0n) is 22.6. The summed E-state index contributed by atoms with van der Waals surface area (Å²) in [6, 6.07) is 9.01. The molecule has 220 valence electrons. The van der Waals surface area contributed by atoms with E-state index in [1.54, 1.807) is 30.5 Å². The van der Waals surface area contributed by atoms with Gasteiger partial charge in [-0.3, -0.25) is 10.1 Å². The summed E-state index contributed by atoms with van der Waals surface area (Å²) in [6.07, 6.45) is 2.61. The highest BCUT2D eigenvalue weighted by Gasteiger charge is 2.32. The lowest BCUT2D eigenvalue weighted by Crippen LogP contribution is -2.26. The molecule has 5 rings (SSSR count). The highest BCUT2D eigenvalue weighted by molar-refractivity contribution is 6.07. The summed E-state index contributed by atoms with van der Waals surface area (Å²) in [7, 11) is 0. The molecule has 5 N–H and O–H groups in total.